The Morgan fingerprint density at radius 2 is 2.16 bits per heavy atom. The topological polar surface area (TPSA) is 81.7 Å². The summed E-state index contributed by atoms with van der Waals surface area (Å²) in [5, 5.41) is 2.63. The Morgan fingerprint density at radius 1 is 1.39 bits per heavy atom. The summed E-state index contributed by atoms with van der Waals surface area (Å²) in [4.78, 5) is 37.7. The molecule has 166 valence electrons. The first-order valence-corrected chi connectivity index (χ1v) is 11.8. The van der Waals surface area contributed by atoms with E-state index in [0.29, 0.717) is 5.92 Å². The van der Waals surface area contributed by atoms with E-state index in [2.05, 4.69) is 12.2 Å². The van der Waals surface area contributed by atoms with Crippen LogP contribution in [0.4, 0.5) is 4.39 Å². The number of carbonyl (C=O) groups excluding carboxylic acids is 3. The van der Waals surface area contributed by atoms with Crippen molar-refractivity contribution in [2.45, 2.75) is 50.0 Å². The van der Waals surface area contributed by atoms with Gasteiger partial charge in [0.25, 0.3) is 5.91 Å². The van der Waals surface area contributed by atoms with Crippen molar-refractivity contribution in [2.75, 3.05) is 12.9 Å². The average Bonchev–Trinajstić information content (AvgIpc) is 3.18. The number of hydrogen-bond donors (Lipinski definition) is 1. The predicted molar refractivity (Wildman–Crippen MR) is 112 cm³/mol. The number of hydrogen-bond acceptors (Lipinski definition) is 6. The quantitative estimate of drug-likeness (QED) is 0.676. The molecule has 0 aromatic heterocycles. The van der Waals surface area contributed by atoms with Gasteiger partial charge >= 0.3 is 11.9 Å². The summed E-state index contributed by atoms with van der Waals surface area (Å²) in [6.45, 7) is 2.17. The molecular formula is C23H26FNO5S. The molecule has 1 saturated heterocycles. The van der Waals surface area contributed by atoms with E-state index in [4.69, 9.17) is 9.47 Å². The van der Waals surface area contributed by atoms with E-state index in [1.54, 1.807) is 6.07 Å². The lowest BCUT2D eigenvalue weighted by Crippen LogP contribution is -2.46. The Hall–Kier alpha value is -2.09. The van der Waals surface area contributed by atoms with Crippen LogP contribution in [0.25, 0.3) is 0 Å². The van der Waals surface area contributed by atoms with Crippen molar-refractivity contribution in [3.63, 3.8) is 0 Å². The summed E-state index contributed by atoms with van der Waals surface area (Å²) in [7, 11) is 1.26. The number of rotatable bonds is 6. The van der Waals surface area contributed by atoms with Gasteiger partial charge in [0.15, 0.2) is 0 Å². The van der Waals surface area contributed by atoms with Crippen molar-refractivity contribution < 1.29 is 28.2 Å². The van der Waals surface area contributed by atoms with E-state index in [1.165, 1.54) is 37.1 Å². The van der Waals surface area contributed by atoms with Gasteiger partial charge < -0.3 is 14.8 Å². The van der Waals surface area contributed by atoms with Crippen LogP contribution < -0.4 is 5.32 Å². The van der Waals surface area contributed by atoms with Gasteiger partial charge in [0.2, 0.25) is 0 Å². The Labute approximate surface area is 184 Å². The zero-order chi connectivity index (χ0) is 22.0. The van der Waals surface area contributed by atoms with E-state index in [0.717, 1.165) is 25.7 Å². The Morgan fingerprint density at radius 3 is 2.90 bits per heavy atom. The number of ether oxygens (including phenoxy) is 2. The summed E-state index contributed by atoms with van der Waals surface area (Å²) >= 11 is 1.52. The van der Waals surface area contributed by atoms with E-state index in [9.17, 15) is 18.8 Å². The molecule has 1 amide bonds. The van der Waals surface area contributed by atoms with Crippen LogP contribution in [-0.2, 0) is 19.1 Å². The molecule has 31 heavy (non-hydrogen) atoms. The highest BCUT2D eigenvalue weighted by Gasteiger charge is 2.84. The van der Waals surface area contributed by atoms with Gasteiger partial charge in [0, 0.05) is 16.4 Å². The van der Waals surface area contributed by atoms with Gasteiger partial charge in [-0.3, -0.25) is 9.59 Å². The SMILES string of the molecule is COC(=O)C(CSC1C(C)CC23CCC4OC(=O)C1C42C3)NC(=O)c1ccccc1F. The predicted octanol–water partition coefficient (Wildman–Crippen LogP) is 2.95. The highest BCUT2D eigenvalue weighted by Crippen LogP contribution is 2.84. The molecule has 7 unspecified atom stereocenters. The highest BCUT2D eigenvalue weighted by atomic mass is 32.2. The van der Waals surface area contributed by atoms with Crippen LogP contribution in [0.2, 0.25) is 0 Å². The van der Waals surface area contributed by atoms with Gasteiger partial charge in [-0.1, -0.05) is 19.1 Å². The van der Waals surface area contributed by atoms with Gasteiger partial charge in [0.05, 0.1) is 18.6 Å². The normalized spacial score (nSPS) is 38.0. The molecule has 0 radical (unpaired) electrons. The monoisotopic (exact) mass is 447 g/mol. The molecule has 0 bridgehead atoms. The number of methoxy groups -OCH3 is 1. The minimum atomic E-state index is -0.936. The first kappa shape index (κ1) is 20.8. The lowest BCUT2D eigenvalue weighted by atomic mass is 9.70. The second-order valence-corrected chi connectivity index (χ2v) is 10.7. The molecule has 1 aromatic carbocycles. The van der Waals surface area contributed by atoms with Crippen LogP contribution >= 0.6 is 11.8 Å². The van der Waals surface area contributed by atoms with Crippen LogP contribution in [0, 0.1) is 28.5 Å². The number of benzene rings is 1. The van der Waals surface area contributed by atoms with E-state index in [-0.39, 0.29) is 45.4 Å². The van der Waals surface area contributed by atoms with E-state index < -0.39 is 23.7 Å². The van der Waals surface area contributed by atoms with Crippen LogP contribution in [-0.4, -0.2) is 48.1 Å². The van der Waals surface area contributed by atoms with Gasteiger partial charge in [-0.2, -0.15) is 11.8 Å². The molecule has 1 heterocycles. The molecule has 1 N–H and O–H groups in total. The number of thioether (sulfide) groups is 1. The summed E-state index contributed by atoms with van der Waals surface area (Å²) in [5.74, 6) is -1.62. The molecule has 3 saturated carbocycles. The maximum atomic E-state index is 14.0. The lowest BCUT2D eigenvalue weighted by molar-refractivity contribution is -0.145. The Kier molecular flexibility index (Phi) is 4.84. The molecule has 5 rings (SSSR count). The molecular weight excluding hydrogens is 421 g/mol. The fourth-order valence-corrected chi connectivity index (χ4v) is 8.30. The summed E-state index contributed by atoms with van der Waals surface area (Å²) in [5.41, 5.74) is 0.110. The molecule has 3 aliphatic carbocycles. The molecule has 1 spiro atoms. The smallest absolute Gasteiger partial charge is 0.329 e. The van der Waals surface area contributed by atoms with Crippen LogP contribution in [0.5, 0.6) is 0 Å². The fourth-order valence-electron chi connectivity index (χ4n) is 6.70. The molecule has 7 atom stereocenters. The maximum Gasteiger partial charge on any atom is 0.329 e. The Balaban J connectivity index is 1.32. The first-order chi connectivity index (χ1) is 14.8. The molecule has 4 fully saturated rings. The van der Waals surface area contributed by atoms with E-state index in [1.807, 2.05) is 0 Å². The fraction of sp³-hybridized carbons (Fsp3) is 0.609. The molecule has 1 aliphatic heterocycles. The minimum Gasteiger partial charge on any atom is -0.467 e. The second kappa shape index (κ2) is 7.22. The number of carbonyl (C=O) groups is 3. The van der Waals surface area contributed by atoms with Crippen LogP contribution in [0.3, 0.4) is 0 Å². The van der Waals surface area contributed by atoms with Crippen molar-refractivity contribution >= 4 is 29.6 Å². The average molecular weight is 448 g/mol. The van der Waals surface area contributed by atoms with Gasteiger partial charge in [-0.25, -0.2) is 9.18 Å². The minimum absolute atomic E-state index is 0.0174. The van der Waals surface area contributed by atoms with Gasteiger partial charge in [-0.05, 0) is 49.1 Å². The summed E-state index contributed by atoms with van der Waals surface area (Å²) in [6.07, 6.45) is 4.26. The third-order valence-corrected chi connectivity index (χ3v) is 9.63. The van der Waals surface area contributed by atoms with Crippen molar-refractivity contribution in [3.8, 4) is 0 Å². The third-order valence-electron chi connectivity index (χ3n) is 7.99. The molecule has 8 heteroatoms. The van der Waals surface area contributed by atoms with Crippen molar-refractivity contribution in [1.82, 2.24) is 5.32 Å². The lowest BCUT2D eigenvalue weighted by Gasteiger charge is -2.39. The standard InChI is InChI=1S/C23H26FNO5S/c1-12-9-22-8-7-16-23(22,11-22)17(21(28)30-16)18(12)31-10-15(20(27)29-2)25-19(26)13-5-3-4-6-14(13)24/h3-6,12,15-18H,7-11H2,1-2H3,(H,25,26). The summed E-state index contributed by atoms with van der Waals surface area (Å²) < 4.78 is 24.6. The van der Waals surface area contributed by atoms with Gasteiger partial charge in [0.1, 0.15) is 18.0 Å². The highest BCUT2D eigenvalue weighted by molar-refractivity contribution is 8.00. The number of esters is 2. The number of amides is 1. The summed E-state index contributed by atoms with van der Waals surface area (Å²) in [6, 6.07) is 4.70. The van der Waals surface area contributed by atoms with Crippen molar-refractivity contribution in [2.24, 2.45) is 22.7 Å². The molecule has 6 nitrogen and oxygen atoms in total. The van der Waals surface area contributed by atoms with Gasteiger partial charge in [-0.15, -0.1) is 0 Å². The zero-order valence-corrected chi connectivity index (χ0v) is 18.4. The van der Waals surface area contributed by atoms with E-state index >= 15 is 0 Å². The first-order valence-electron chi connectivity index (χ1n) is 10.8. The maximum absolute atomic E-state index is 14.0. The molecule has 4 aliphatic rings. The largest absolute Gasteiger partial charge is 0.467 e. The molecule has 1 aromatic rings. The number of nitrogens with one attached hydrogen (secondary N) is 1. The van der Waals surface area contributed by atoms with Crippen molar-refractivity contribution in [1.29, 1.82) is 0 Å². The van der Waals surface area contributed by atoms with Crippen molar-refractivity contribution in [3.05, 3.63) is 35.6 Å². The second-order valence-electron chi connectivity index (χ2n) is 9.45. The Bertz CT molecular complexity index is 956. The van der Waals surface area contributed by atoms with Crippen LogP contribution in [0.15, 0.2) is 24.3 Å². The third kappa shape index (κ3) is 2.93. The number of halogens is 1. The van der Waals surface area contributed by atoms with Crippen LogP contribution in [0.1, 0.15) is 43.0 Å². The zero-order valence-electron chi connectivity index (χ0n) is 17.6.